The van der Waals surface area contributed by atoms with Crippen LogP contribution in [0.1, 0.15) is 26.6 Å². The first kappa shape index (κ1) is 15.7. The van der Waals surface area contributed by atoms with Gasteiger partial charge in [0.2, 0.25) is 5.91 Å². The lowest BCUT2D eigenvalue weighted by Crippen LogP contribution is -2.57. The fraction of sp³-hybridized carbons (Fsp3) is 0.625. The van der Waals surface area contributed by atoms with Crippen molar-refractivity contribution in [2.24, 2.45) is 13.0 Å². The molecule has 3 rings (SSSR count). The summed E-state index contributed by atoms with van der Waals surface area (Å²) in [5.74, 6) is 2.15. The Kier molecular flexibility index (Phi) is 3.95. The standard InChI is InChI=1S/C16H24N6O/c1-10(2)9-21-6-7-22(11(3)16(21)23)15-13-8-17-20(5)14(13)18-12(4)19-15/h8,10-11H,6-7,9H2,1-5H3/t11-/m0/s1. The number of anilines is 1. The molecule has 0 radical (unpaired) electrons. The summed E-state index contributed by atoms with van der Waals surface area (Å²) >= 11 is 0. The van der Waals surface area contributed by atoms with E-state index in [0.29, 0.717) is 11.7 Å². The van der Waals surface area contributed by atoms with E-state index in [9.17, 15) is 4.79 Å². The maximum Gasteiger partial charge on any atom is 0.245 e. The molecule has 3 heterocycles. The molecule has 0 bridgehead atoms. The summed E-state index contributed by atoms with van der Waals surface area (Å²) in [4.78, 5) is 25.8. The van der Waals surface area contributed by atoms with E-state index in [1.54, 1.807) is 10.9 Å². The van der Waals surface area contributed by atoms with Gasteiger partial charge >= 0.3 is 0 Å². The molecule has 7 heteroatoms. The molecule has 1 fully saturated rings. The highest BCUT2D eigenvalue weighted by molar-refractivity contribution is 5.92. The van der Waals surface area contributed by atoms with Gasteiger partial charge in [-0.05, 0) is 19.8 Å². The van der Waals surface area contributed by atoms with Crippen molar-refractivity contribution in [3.8, 4) is 0 Å². The highest BCUT2D eigenvalue weighted by Crippen LogP contribution is 2.27. The Hall–Kier alpha value is -2.18. The summed E-state index contributed by atoms with van der Waals surface area (Å²) in [6, 6.07) is -0.222. The molecular formula is C16H24N6O. The Balaban J connectivity index is 1.96. The van der Waals surface area contributed by atoms with Gasteiger partial charge in [0.1, 0.15) is 17.7 Å². The van der Waals surface area contributed by atoms with Crippen LogP contribution in [-0.2, 0) is 11.8 Å². The number of aromatic nitrogens is 4. The molecule has 124 valence electrons. The lowest BCUT2D eigenvalue weighted by Gasteiger charge is -2.40. The highest BCUT2D eigenvalue weighted by atomic mass is 16.2. The molecule has 2 aromatic heterocycles. The minimum absolute atomic E-state index is 0.165. The van der Waals surface area contributed by atoms with Crippen LogP contribution in [0.25, 0.3) is 11.0 Å². The Morgan fingerprint density at radius 1 is 1.30 bits per heavy atom. The van der Waals surface area contributed by atoms with Crippen LogP contribution in [0.3, 0.4) is 0 Å². The smallest absolute Gasteiger partial charge is 0.245 e. The summed E-state index contributed by atoms with van der Waals surface area (Å²) in [7, 11) is 1.87. The van der Waals surface area contributed by atoms with E-state index in [4.69, 9.17) is 0 Å². The van der Waals surface area contributed by atoms with Crippen LogP contribution >= 0.6 is 0 Å². The number of rotatable bonds is 3. The summed E-state index contributed by atoms with van der Waals surface area (Å²) in [5.41, 5.74) is 0.803. The monoisotopic (exact) mass is 316 g/mol. The van der Waals surface area contributed by atoms with E-state index in [2.05, 4.69) is 33.8 Å². The van der Waals surface area contributed by atoms with Crippen LogP contribution < -0.4 is 4.90 Å². The fourth-order valence-electron chi connectivity index (χ4n) is 3.17. The minimum atomic E-state index is -0.222. The third kappa shape index (κ3) is 2.75. The van der Waals surface area contributed by atoms with E-state index in [-0.39, 0.29) is 11.9 Å². The van der Waals surface area contributed by atoms with Gasteiger partial charge in [-0.15, -0.1) is 0 Å². The van der Waals surface area contributed by atoms with E-state index in [0.717, 1.165) is 36.5 Å². The summed E-state index contributed by atoms with van der Waals surface area (Å²) < 4.78 is 1.75. The minimum Gasteiger partial charge on any atom is -0.342 e. The quantitative estimate of drug-likeness (QED) is 0.855. The molecule has 0 N–H and O–H groups in total. The molecule has 7 nitrogen and oxygen atoms in total. The Morgan fingerprint density at radius 3 is 2.74 bits per heavy atom. The van der Waals surface area contributed by atoms with Crippen molar-refractivity contribution in [1.82, 2.24) is 24.6 Å². The maximum absolute atomic E-state index is 12.7. The summed E-state index contributed by atoms with van der Waals surface area (Å²) in [6.45, 7) is 10.4. The number of hydrogen-bond acceptors (Lipinski definition) is 5. The van der Waals surface area contributed by atoms with E-state index >= 15 is 0 Å². The summed E-state index contributed by atoms with van der Waals surface area (Å²) in [6.07, 6.45) is 1.78. The molecule has 1 saturated heterocycles. The molecule has 1 atom stereocenters. The van der Waals surface area contributed by atoms with Crippen molar-refractivity contribution < 1.29 is 4.79 Å². The van der Waals surface area contributed by atoms with Gasteiger partial charge in [0.05, 0.1) is 11.6 Å². The average molecular weight is 316 g/mol. The predicted molar refractivity (Wildman–Crippen MR) is 89.3 cm³/mol. The first-order valence-corrected chi connectivity index (χ1v) is 8.10. The maximum atomic E-state index is 12.7. The van der Waals surface area contributed by atoms with Gasteiger partial charge < -0.3 is 9.80 Å². The molecule has 1 aliphatic heterocycles. The third-order valence-corrected chi connectivity index (χ3v) is 4.29. The second-order valence-electron chi connectivity index (χ2n) is 6.65. The Bertz CT molecular complexity index is 737. The second kappa shape index (κ2) is 5.79. The van der Waals surface area contributed by atoms with Crippen molar-refractivity contribution in [3.63, 3.8) is 0 Å². The fourth-order valence-corrected chi connectivity index (χ4v) is 3.17. The van der Waals surface area contributed by atoms with Crippen LogP contribution in [0.4, 0.5) is 5.82 Å². The number of carbonyl (C=O) groups is 1. The normalized spacial score (nSPS) is 19.2. The third-order valence-electron chi connectivity index (χ3n) is 4.29. The zero-order valence-corrected chi connectivity index (χ0v) is 14.4. The lowest BCUT2D eigenvalue weighted by molar-refractivity contribution is -0.134. The predicted octanol–water partition coefficient (Wildman–Crippen LogP) is 1.36. The first-order valence-electron chi connectivity index (χ1n) is 8.10. The first-order chi connectivity index (χ1) is 10.9. The second-order valence-corrected chi connectivity index (χ2v) is 6.65. The molecule has 0 aliphatic carbocycles. The Morgan fingerprint density at radius 2 is 2.04 bits per heavy atom. The van der Waals surface area contributed by atoms with Gasteiger partial charge in [-0.2, -0.15) is 5.10 Å². The van der Waals surface area contributed by atoms with Crippen LogP contribution in [0.15, 0.2) is 6.20 Å². The van der Waals surface area contributed by atoms with Crippen LogP contribution in [-0.4, -0.2) is 56.2 Å². The van der Waals surface area contributed by atoms with Crippen molar-refractivity contribution in [3.05, 3.63) is 12.0 Å². The van der Waals surface area contributed by atoms with E-state index in [1.165, 1.54) is 0 Å². The Labute approximate surface area is 136 Å². The van der Waals surface area contributed by atoms with E-state index < -0.39 is 0 Å². The van der Waals surface area contributed by atoms with Crippen molar-refractivity contribution in [1.29, 1.82) is 0 Å². The van der Waals surface area contributed by atoms with Gasteiger partial charge in [-0.3, -0.25) is 9.48 Å². The van der Waals surface area contributed by atoms with Crippen LogP contribution in [0, 0.1) is 12.8 Å². The average Bonchev–Trinajstić information content (AvgIpc) is 2.85. The molecule has 23 heavy (non-hydrogen) atoms. The van der Waals surface area contributed by atoms with Gasteiger partial charge in [-0.1, -0.05) is 13.8 Å². The van der Waals surface area contributed by atoms with Gasteiger partial charge in [0, 0.05) is 26.7 Å². The SMILES string of the molecule is Cc1nc(N2CCN(CC(C)C)C(=O)[C@@H]2C)c2cnn(C)c2n1. The molecule has 0 aromatic carbocycles. The number of aryl methyl sites for hydroxylation is 2. The number of amides is 1. The topological polar surface area (TPSA) is 67.2 Å². The van der Waals surface area contributed by atoms with Crippen molar-refractivity contribution in [2.75, 3.05) is 24.5 Å². The van der Waals surface area contributed by atoms with Gasteiger partial charge in [0.25, 0.3) is 0 Å². The van der Waals surface area contributed by atoms with Crippen molar-refractivity contribution >= 4 is 22.8 Å². The zero-order valence-electron chi connectivity index (χ0n) is 14.4. The van der Waals surface area contributed by atoms with Crippen molar-refractivity contribution in [2.45, 2.75) is 33.7 Å². The van der Waals surface area contributed by atoms with E-state index in [1.807, 2.05) is 25.8 Å². The molecule has 1 amide bonds. The number of nitrogens with zero attached hydrogens (tertiary/aromatic N) is 6. The van der Waals surface area contributed by atoms with Gasteiger partial charge in [0.15, 0.2) is 5.65 Å². The summed E-state index contributed by atoms with van der Waals surface area (Å²) in [5, 5.41) is 5.18. The molecule has 0 spiro atoms. The van der Waals surface area contributed by atoms with Crippen LogP contribution in [0.5, 0.6) is 0 Å². The number of carbonyl (C=O) groups excluding carboxylic acids is 1. The number of fused-ring (bicyclic) bond motifs is 1. The molecular weight excluding hydrogens is 292 g/mol. The highest BCUT2D eigenvalue weighted by Gasteiger charge is 2.33. The number of piperazine rings is 1. The lowest BCUT2D eigenvalue weighted by atomic mass is 10.1. The molecule has 0 unspecified atom stereocenters. The largest absolute Gasteiger partial charge is 0.342 e. The zero-order chi connectivity index (χ0) is 16.7. The van der Waals surface area contributed by atoms with Gasteiger partial charge in [-0.25, -0.2) is 9.97 Å². The molecule has 1 aliphatic rings. The molecule has 2 aromatic rings. The van der Waals surface area contributed by atoms with Crippen LogP contribution in [0.2, 0.25) is 0 Å². The number of hydrogen-bond donors (Lipinski definition) is 0. The molecule has 0 saturated carbocycles.